The average molecular weight is 386 g/mol. The number of esters is 1. The Morgan fingerprint density at radius 1 is 0.931 bits per heavy atom. The molecule has 1 aliphatic rings. The molecule has 0 unspecified atom stereocenters. The molecule has 1 N–H and O–H groups in total. The van der Waals surface area contributed by atoms with Crippen LogP contribution in [-0.4, -0.2) is 19.0 Å². The summed E-state index contributed by atoms with van der Waals surface area (Å²) in [5.41, 5.74) is 5.72. The van der Waals surface area contributed by atoms with Crippen LogP contribution in [-0.2, 0) is 4.74 Å². The first-order chi connectivity index (χ1) is 14.0. The highest BCUT2D eigenvalue weighted by Gasteiger charge is 2.35. The minimum atomic E-state index is -0.399. The van der Waals surface area contributed by atoms with Gasteiger partial charge in [0.1, 0.15) is 6.17 Å². The van der Waals surface area contributed by atoms with E-state index < -0.39 is 6.17 Å². The minimum Gasteiger partial charge on any atom is -0.465 e. The fourth-order valence-electron chi connectivity index (χ4n) is 3.82. The zero-order chi connectivity index (χ0) is 20.5. The summed E-state index contributed by atoms with van der Waals surface area (Å²) < 4.78 is 4.79. The van der Waals surface area contributed by atoms with Gasteiger partial charge in [-0.3, -0.25) is 9.69 Å². The highest BCUT2D eigenvalue weighted by atomic mass is 16.5. The van der Waals surface area contributed by atoms with E-state index in [9.17, 15) is 9.59 Å². The lowest BCUT2D eigenvalue weighted by molar-refractivity contribution is 0.0600. The molecule has 0 aromatic heterocycles. The number of carbonyl (C=O) groups is 2. The molecule has 1 aliphatic heterocycles. The molecule has 4 rings (SSSR count). The zero-order valence-electron chi connectivity index (χ0n) is 16.6. The fraction of sp³-hybridized carbons (Fsp3) is 0.167. The van der Waals surface area contributed by atoms with E-state index in [-0.39, 0.29) is 11.9 Å². The molecule has 146 valence electrons. The van der Waals surface area contributed by atoms with Gasteiger partial charge in [-0.1, -0.05) is 42.5 Å². The van der Waals surface area contributed by atoms with Crippen LogP contribution in [0.2, 0.25) is 0 Å². The van der Waals surface area contributed by atoms with Crippen molar-refractivity contribution in [2.45, 2.75) is 20.0 Å². The van der Waals surface area contributed by atoms with Gasteiger partial charge in [-0.25, -0.2) is 4.79 Å². The van der Waals surface area contributed by atoms with Crippen LogP contribution in [0.15, 0.2) is 66.7 Å². The topological polar surface area (TPSA) is 58.6 Å². The van der Waals surface area contributed by atoms with Crippen LogP contribution in [0, 0.1) is 13.8 Å². The van der Waals surface area contributed by atoms with Gasteiger partial charge < -0.3 is 10.1 Å². The van der Waals surface area contributed by atoms with Gasteiger partial charge in [-0.2, -0.15) is 0 Å². The third-order valence-electron chi connectivity index (χ3n) is 5.25. The van der Waals surface area contributed by atoms with Gasteiger partial charge in [-0.15, -0.1) is 0 Å². The molecule has 1 amide bonds. The third-order valence-corrected chi connectivity index (χ3v) is 5.25. The minimum absolute atomic E-state index is 0.0567. The monoisotopic (exact) mass is 386 g/mol. The summed E-state index contributed by atoms with van der Waals surface area (Å²) in [4.78, 5) is 27.1. The molecule has 0 spiro atoms. The Balaban J connectivity index is 1.85. The van der Waals surface area contributed by atoms with Crippen LogP contribution in [0.4, 0.5) is 11.4 Å². The summed E-state index contributed by atoms with van der Waals surface area (Å²) in [7, 11) is 1.36. The van der Waals surface area contributed by atoms with Crippen LogP contribution >= 0.6 is 0 Å². The van der Waals surface area contributed by atoms with Crippen LogP contribution in [0.25, 0.3) is 0 Å². The summed E-state index contributed by atoms with van der Waals surface area (Å²) in [5.74, 6) is -0.444. The highest BCUT2D eigenvalue weighted by molar-refractivity contribution is 6.12. The number of para-hydroxylation sites is 2. The van der Waals surface area contributed by atoms with E-state index in [0.717, 1.165) is 28.1 Å². The number of aryl methyl sites for hydroxylation is 2. The first-order valence-electron chi connectivity index (χ1n) is 9.45. The molecule has 5 nitrogen and oxygen atoms in total. The molecule has 0 saturated carbocycles. The van der Waals surface area contributed by atoms with Crippen molar-refractivity contribution in [3.63, 3.8) is 0 Å². The number of benzene rings is 3. The van der Waals surface area contributed by atoms with Crippen molar-refractivity contribution >= 4 is 23.3 Å². The maximum Gasteiger partial charge on any atom is 0.337 e. The number of nitrogens with one attached hydrogen (secondary N) is 1. The van der Waals surface area contributed by atoms with Crippen molar-refractivity contribution in [2.75, 3.05) is 17.3 Å². The van der Waals surface area contributed by atoms with E-state index in [1.165, 1.54) is 7.11 Å². The summed E-state index contributed by atoms with van der Waals surface area (Å²) in [6.45, 7) is 4.01. The number of fused-ring (bicyclic) bond motifs is 1. The molecule has 0 saturated heterocycles. The largest absolute Gasteiger partial charge is 0.465 e. The van der Waals surface area contributed by atoms with E-state index in [2.05, 4.69) is 5.32 Å². The van der Waals surface area contributed by atoms with E-state index in [0.29, 0.717) is 11.1 Å². The number of hydrogen-bond donors (Lipinski definition) is 1. The predicted octanol–water partition coefficient (Wildman–Crippen LogP) is 4.86. The Labute approximate surface area is 169 Å². The van der Waals surface area contributed by atoms with Crippen molar-refractivity contribution in [3.05, 3.63) is 94.5 Å². The Morgan fingerprint density at radius 3 is 2.24 bits per heavy atom. The van der Waals surface area contributed by atoms with Crippen molar-refractivity contribution in [3.8, 4) is 0 Å². The molecule has 0 aliphatic carbocycles. The maximum atomic E-state index is 13.5. The Kier molecular flexibility index (Phi) is 4.80. The maximum absolute atomic E-state index is 13.5. The SMILES string of the molecule is COC(=O)c1ccc([C@@H]2Nc3ccccc3C(=O)N2c2c(C)cccc2C)cc1. The molecule has 1 heterocycles. The normalized spacial score (nSPS) is 15.5. The molecule has 3 aromatic carbocycles. The average Bonchev–Trinajstić information content (AvgIpc) is 2.74. The number of ether oxygens (including phenoxy) is 1. The standard InChI is InChI=1S/C24H22N2O3/c1-15-7-6-8-16(2)21(15)26-22(17-11-13-18(14-12-17)24(28)29-3)25-20-10-5-4-9-19(20)23(26)27/h4-14,22,25H,1-3H3/t22-/m1/s1. The molecule has 0 fully saturated rings. The Bertz CT molecular complexity index is 1070. The zero-order valence-corrected chi connectivity index (χ0v) is 16.6. The second kappa shape index (κ2) is 7.43. The summed E-state index contributed by atoms with van der Waals surface area (Å²) in [6.07, 6.45) is -0.399. The van der Waals surface area contributed by atoms with Crippen molar-refractivity contribution < 1.29 is 14.3 Å². The van der Waals surface area contributed by atoms with Crippen LogP contribution in [0.5, 0.6) is 0 Å². The van der Waals surface area contributed by atoms with E-state index in [4.69, 9.17) is 4.74 Å². The Hall–Kier alpha value is -3.60. The first-order valence-corrected chi connectivity index (χ1v) is 9.45. The quantitative estimate of drug-likeness (QED) is 0.653. The smallest absolute Gasteiger partial charge is 0.337 e. The van der Waals surface area contributed by atoms with E-state index in [1.807, 2.05) is 68.4 Å². The first kappa shape index (κ1) is 18.7. The highest BCUT2D eigenvalue weighted by Crippen LogP contribution is 2.39. The van der Waals surface area contributed by atoms with E-state index in [1.54, 1.807) is 17.0 Å². The molecule has 29 heavy (non-hydrogen) atoms. The van der Waals surface area contributed by atoms with Gasteiger partial charge in [0.25, 0.3) is 5.91 Å². The van der Waals surface area contributed by atoms with Gasteiger partial charge in [0.15, 0.2) is 0 Å². The molecule has 1 atom stereocenters. The van der Waals surface area contributed by atoms with Crippen LogP contribution in [0.1, 0.15) is 43.6 Å². The van der Waals surface area contributed by atoms with E-state index >= 15 is 0 Å². The van der Waals surface area contributed by atoms with Crippen molar-refractivity contribution in [1.29, 1.82) is 0 Å². The van der Waals surface area contributed by atoms with Gasteiger partial charge >= 0.3 is 5.97 Å². The molecular weight excluding hydrogens is 364 g/mol. The number of carbonyl (C=O) groups excluding carboxylic acids is 2. The lowest BCUT2D eigenvalue weighted by Crippen LogP contribution is -2.43. The number of methoxy groups -OCH3 is 1. The number of hydrogen-bond acceptors (Lipinski definition) is 4. The molecular formula is C24H22N2O3. The molecule has 5 heteroatoms. The fourth-order valence-corrected chi connectivity index (χ4v) is 3.82. The number of amides is 1. The lowest BCUT2D eigenvalue weighted by Gasteiger charge is -2.39. The Morgan fingerprint density at radius 2 is 1.59 bits per heavy atom. The summed E-state index contributed by atoms with van der Waals surface area (Å²) >= 11 is 0. The van der Waals surface area contributed by atoms with Crippen LogP contribution in [0.3, 0.4) is 0 Å². The van der Waals surface area contributed by atoms with Crippen molar-refractivity contribution in [2.24, 2.45) is 0 Å². The number of nitrogens with zero attached hydrogens (tertiary/aromatic N) is 1. The summed E-state index contributed by atoms with van der Waals surface area (Å²) in [5, 5.41) is 3.50. The molecule has 3 aromatic rings. The second-order valence-electron chi connectivity index (χ2n) is 7.12. The second-order valence-corrected chi connectivity index (χ2v) is 7.12. The van der Waals surface area contributed by atoms with Crippen LogP contribution < -0.4 is 10.2 Å². The predicted molar refractivity (Wildman–Crippen MR) is 113 cm³/mol. The summed E-state index contributed by atoms with van der Waals surface area (Å²) in [6, 6.07) is 20.7. The van der Waals surface area contributed by atoms with Gasteiger partial charge in [0, 0.05) is 5.69 Å². The van der Waals surface area contributed by atoms with Crippen molar-refractivity contribution in [1.82, 2.24) is 0 Å². The third kappa shape index (κ3) is 3.25. The number of anilines is 2. The lowest BCUT2D eigenvalue weighted by atomic mass is 9.99. The number of rotatable bonds is 3. The van der Waals surface area contributed by atoms with Gasteiger partial charge in [0.05, 0.1) is 23.9 Å². The molecule has 0 radical (unpaired) electrons. The van der Waals surface area contributed by atoms with Gasteiger partial charge in [-0.05, 0) is 54.8 Å². The molecule has 0 bridgehead atoms. The van der Waals surface area contributed by atoms with Gasteiger partial charge in [0.2, 0.25) is 0 Å².